The van der Waals surface area contributed by atoms with Crippen molar-refractivity contribution in [2.75, 3.05) is 5.73 Å². The third-order valence-corrected chi connectivity index (χ3v) is 3.86. The second kappa shape index (κ2) is 4.55. The Kier molecular flexibility index (Phi) is 3.30. The predicted octanol–water partition coefficient (Wildman–Crippen LogP) is 2.86. The highest BCUT2D eigenvalue weighted by Gasteiger charge is 2.14. The number of hydrogen-bond acceptors (Lipinski definition) is 4. The lowest BCUT2D eigenvalue weighted by molar-refractivity contribution is 0.599. The van der Waals surface area contributed by atoms with E-state index in [1.54, 1.807) is 11.3 Å². The maximum absolute atomic E-state index is 5.80. The lowest BCUT2D eigenvalue weighted by atomic mass is 10.1. The smallest absolute Gasteiger partial charge is 0.169 e. The summed E-state index contributed by atoms with van der Waals surface area (Å²) in [4.78, 5) is 0. The number of halogens is 1. The first-order chi connectivity index (χ1) is 7.58. The Morgan fingerprint density at radius 2 is 2.31 bits per heavy atom. The number of nitrogen functional groups attached to an aromatic ring is 1. The SMILES string of the molecule is CC(C)c1c(N)nnn1Cc1csc(Br)c1. The predicted molar refractivity (Wildman–Crippen MR) is 69.6 cm³/mol. The van der Waals surface area contributed by atoms with Gasteiger partial charge in [0.15, 0.2) is 5.82 Å². The van der Waals surface area contributed by atoms with Crippen molar-refractivity contribution < 1.29 is 0 Å². The molecule has 16 heavy (non-hydrogen) atoms. The number of rotatable bonds is 3. The van der Waals surface area contributed by atoms with Crippen molar-refractivity contribution in [3.63, 3.8) is 0 Å². The van der Waals surface area contributed by atoms with Crippen molar-refractivity contribution >= 4 is 33.1 Å². The minimum atomic E-state index is 0.331. The molecule has 2 N–H and O–H groups in total. The van der Waals surface area contributed by atoms with Gasteiger partial charge in [-0.2, -0.15) is 0 Å². The lowest BCUT2D eigenvalue weighted by Gasteiger charge is -2.08. The summed E-state index contributed by atoms with van der Waals surface area (Å²) in [6.45, 7) is 4.91. The number of aromatic nitrogens is 3. The van der Waals surface area contributed by atoms with Gasteiger partial charge in [0.1, 0.15) is 0 Å². The van der Waals surface area contributed by atoms with E-state index in [0.29, 0.717) is 11.7 Å². The number of hydrogen-bond donors (Lipinski definition) is 1. The van der Waals surface area contributed by atoms with Crippen molar-refractivity contribution in [3.05, 3.63) is 26.5 Å². The van der Waals surface area contributed by atoms with Gasteiger partial charge in [-0.15, -0.1) is 16.4 Å². The van der Waals surface area contributed by atoms with Gasteiger partial charge >= 0.3 is 0 Å². The van der Waals surface area contributed by atoms with Gasteiger partial charge in [-0.1, -0.05) is 19.1 Å². The summed E-state index contributed by atoms with van der Waals surface area (Å²) in [5, 5.41) is 10.1. The zero-order chi connectivity index (χ0) is 11.7. The molecule has 2 aromatic rings. The molecule has 2 rings (SSSR count). The summed E-state index contributed by atoms with van der Waals surface area (Å²) >= 11 is 5.12. The Morgan fingerprint density at radius 1 is 1.56 bits per heavy atom. The largest absolute Gasteiger partial charge is 0.381 e. The average Bonchev–Trinajstić information content (AvgIpc) is 2.74. The van der Waals surface area contributed by atoms with E-state index < -0.39 is 0 Å². The van der Waals surface area contributed by atoms with Crippen LogP contribution in [0.25, 0.3) is 0 Å². The van der Waals surface area contributed by atoms with Gasteiger partial charge in [0.2, 0.25) is 0 Å². The van der Waals surface area contributed by atoms with Crippen LogP contribution in [0.3, 0.4) is 0 Å². The molecule has 0 bridgehead atoms. The molecule has 0 aliphatic carbocycles. The highest BCUT2D eigenvalue weighted by Crippen LogP contribution is 2.24. The monoisotopic (exact) mass is 300 g/mol. The Morgan fingerprint density at radius 3 is 2.88 bits per heavy atom. The summed E-state index contributed by atoms with van der Waals surface area (Å²) < 4.78 is 3.00. The third kappa shape index (κ3) is 2.27. The van der Waals surface area contributed by atoms with Gasteiger partial charge < -0.3 is 5.73 Å². The van der Waals surface area contributed by atoms with E-state index in [1.807, 2.05) is 4.68 Å². The molecular weight excluding hydrogens is 288 g/mol. The van der Waals surface area contributed by atoms with Gasteiger partial charge in [-0.05, 0) is 38.9 Å². The van der Waals surface area contributed by atoms with Crippen LogP contribution in [0.5, 0.6) is 0 Å². The van der Waals surface area contributed by atoms with Crippen molar-refractivity contribution in [1.82, 2.24) is 15.0 Å². The Balaban J connectivity index is 2.28. The van der Waals surface area contributed by atoms with Crippen LogP contribution in [0.2, 0.25) is 0 Å². The Bertz CT molecular complexity index is 489. The van der Waals surface area contributed by atoms with Crippen LogP contribution in [-0.4, -0.2) is 15.0 Å². The minimum absolute atomic E-state index is 0.331. The molecule has 86 valence electrons. The van der Waals surface area contributed by atoms with E-state index in [2.05, 4.69) is 51.5 Å². The molecule has 0 amide bonds. The normalized spacial score (nSPS) is 11.2. The molecule has 2 aromatic heterocycles. The van der Waals surface area contributed by atoms with Crippen molar-refractivity contribution in [1.29, 1.82) is 0 Å². The minimum Gasteiger partial charge on any atom is -0.381 e. The quantitative estimate of drug-likeness (QED) is 0.948. The van der Waals surface area contributed by atoms with E-state index in [9.17, 15) is 0 Å². The first kappa shape index (κ1) is 11.6. The maximum Gasteiger partial charge on any atom is 0.169 e. The van der Waals surface area contributed by atoms with Crippen LogP contribution in [-0.2, 0) is 6.54 Å². The van der Waals surface area contributed by atoms with E-state index >= 15 is 0 Å². The molecule has 0 aromatic carbocycles. The third-order valence-electron chi connectivity index (χ3n) is 2.30. The van der Waals surface area contributed by atoms with Crippen molar-refractivity contribution in [3.8, 4) is 0 Å². The standard InChI is InChI=1S/C10H13BrN4S/c1-6(2)9-10(12)13-14-15(9)4-7-3-8(11)16-5-7/h3,5-6H,4,12H2,1-2H3. The Hall–Kier alpha value is -0.880. The highest BCUT2D eigenvalue weighted by molar-refractivity contribution is 9.11. The van der Waals surface area contributed by atoms with E-state index in [-0.39, 0.29) is 0 Å². The first-order valence-corrected chi connectivity index (χ1v) is 6.67. The molecule has 0 aliphatic rings. The maximum atomic E-state index is 5.80. The van der Waals surface area contributed by atoms with Gasteiger partial charge in [0.25, 0.3) is 0 Å². The zero-order valence-electron chi connectivity index (χ0n) is 9.14. The van der Waals surface area contributed by atoms with Gasteiger partial charge in [-0.3, -0.25) is 0 Å². The summed E-state index contributed by atoms with van der Waals surface area (Å²) in [5.41, 5.74) is 8.01. The number of anilines is 1. The van der Waals surface area contributed by atoms with E-state index in [1.165, 1.54) is 5.56 Å². The molecule has 6 heteroatoms. The molecule has 0 unspecified atom stereocenters. The van der Waals surface area contributed by atoms with E-state index in [4.69, 9.17) is 5.73 Å². The molecule has 4 nitrogen and oxygen atoms in total. The second-order valence-electron chi connectivity index (χ2n) is 3.93. The molecule has 0 saturated heterocycles. The molecule has 2 heterocycles. The van der Waals surface area contributed by atoms with Crippen LogP contribution in [0.15, 0.2) is 15.2 Å². The zero-order valence-corrected chi connectivity index (χ0v) is 11.5. The molecule has 0 saturated carbocycles. The molecular formula is C10H13BrN4S. The fourth-order valence-electron chi connectivity index (χ4n) is 1.65. The van der Waals surface area contributed by atoms with E-state index in [0.717, 1.165) is 16.0 Å². The molecule has 0 atom stereocenters. The lowest BCUT2D eigenvalue weighted by Crippen LogP contribution is -2.08. The van der Waals surface area contributed by atoms with Gasteiger partial charge in [-0.25, -0.2) is 4.68 Å². The van der Waals surface area contributed by atoms with Gasteiger partial charge in [0.05, 0.1) is 16.0 Å². The molecule has 0 radical (unpaired) electrons. The highest BCUT2D eigenvalue weighted by atomic mass is 79.9. The molecule has 0 spiro atoms. The van der Waals surface area contributed by atoms with Crippen molar-refractivity contribution in [2.24, 2.45) is 0 Å². The number of nitrogens with two attached hydrogens (primary N) is 1. The van der Waals surface area contributed by atoms with Crippen molar-refractivity contribution in [2.45, 2.75) is 26.3 Å². The first-order valence-electron chi connectivity index (χ1n) is 4.99. The summed E-state index contributed by atoms with van der Waals surface area (Å²) in [6, 6.07) is 2.09. The topological polar surface area (TPSA) is 56.7 Å². The van der Waals surface area contributed by atoms with Crippen LogP contribution in [0, 0.1) is 0 Å². The molecule has 0 aliphatic heterocycles. The van der Waals surface area contributed by atoms with Crippen LogP contribution >= 0.6 is 27.3 Å². The number of nitrogens with zero attached hydrogens (tertiary/aromatic N) is 3. The fourth-order valence-corrected chi connectivity index (χ4v) is 2.85. The summed E-state index contributed by atoms with van der Waals surface area (Å²) in [7, 11) is 0. The van der Waals surface area contributed by atoms with Gasteiger partial charge in [0, 0.05) is 0 Å². The Labute approximate surface area is 107 Å². The fraction of sp³-hybridized carbons (Fsp3) is 0.400. The number of thiophene rings is 1. The van der Waals surface area contributed by atoms with Crippen LogP contribution in [0.4, 0.5) is 5.82 Å². The van der Waals surface area contributed by atoms with Crippen LogP contribution in [0.1, 0.15) is 31.0 Å². The second-order valence-corrected chi connectivity index (χ2v) is 6.22. The summed E-state index contributed by atoms with van der Waals surface area (Å²) in [5.74, 6) is 0.862. The van der Waals surface area contributed by atoms with Crippen LogP contribution < -0.4 is 5.73 Å². The summed E-state index contributed by atoms with van der Waals surface area (Å²) in [6.07, 6.45) is 0. The average molecular weight is 301 g/mol. The molecule has 0 fully saturated rings.